The molecule has 0 radical (unpaired) electrons. The second-order valence-corrected chi connectivity index (χ2v) is 8.77. The molecule has 1 fully saturated rings. The van der Waals surface area contributed by atoms with Gasteiger partial charge in [-0.1, -0.05) is 0 Å². The van der Waals surface area contributed by atoms with Crippen molar-refractivity contribution in [3.8, 4) is 5.75 Å². The average molecular weight is 457 g/mol. The van der Waals surface area contributed by atoms with E-state index in [2.05, 4.69) is 20.7 Å². The number of anilines is 2. The maximum atomic E-state index is 13.3. The second-order valence-electron chi connectivity index (χ2n) is 6.27. The van der Waals surface area contributed by atoms with E-state index < -0.39 is 21.8 Å². The SMILES string of the molecule is O=C(O)c1c(NS(=O)(=O)c2ccc(F)cc2Br)ccc2c1OC[C@H]1CCN21. The van der Waals surface area contributed by atoms with Crippen LogP contribution in [0.25, 0.3) is 0 Å². The van der Waals surface area contributed by atoms with E-state index in [1.807, 2.05) is 4.90 Å². The number of carbonyl (C=O) groups is 1. The van der Waals surface area contributed by atoms with Crippen LogP contribution in [0.1, 0.15) is 16.8 Å². The van der Waals surface area contributed by atoms with Gasteiger partial charge in [0.2, 0.25) is 0 Å². The van der Waals surface area contributed by atoms with Crippen molar-refractivity contribution in [1.29, 1.82) is 0 Å². The highest BCUT2D eigenvalue weighted by molar-refractivity contribution is 9.10. The lowest BCUT2D eigenvalue weighted by Gasteiger charge is -2.46. The van der Waals surface area contributed by atoms with Crippen LogP contribution in [-0.2, 0) is 10.0 Å². The van der Waals surface area contributed by atoms with Crippen molar-refractivity contribution in [1.82, 2.24) is 0 Å². The Morgan fingerprint density at radius 2 is 2.11 bits per heavy atom. The van der Waals surface area contributed by atoms with Gasteiger partial charge in [0.15, 0.2) is 5.75 Å². The molecule has 2 aromatic carbocycles. The zero-order valence-electron chi connectivity index (χ0n) is 13.8. The van der Waals surface area contributed by atoms with Gasteiger partial charge >= 0.3 is 5.97 Å². The molecule has 10 heteroatoms. The maximum Gasteiger partial charge on any atom is 0.341 e. The summed E-state index contributed by atoms with van der Waals surface area (Å²) in [6.07, 6.45) is 0.967. The fourth-order valence-electron chi connectivity index (χ4n) is 3.24. The molecule has 0 aromatic heterocycles. The predicted octanol–water partition coefficient (Wildman–Crippen LogP) is 3.06. The van der Waals surface area contributed by atoms with Crippen LogP contribution >= 0.6 is 15.9 Å². The molecule has 2 aromatic rings. The fourth-order valence-corrected chi connectivity index (χ4v) is 5.37. The molecule has 1 atom stereocenters. The minimum absolute atomic E-state index is 0.0319. The molecule has 0 unspecified atom stereocenters. The molecule has 7 nitrogen and oxygen atoms in total. The van der Waals surface area contributed by atoms with E-state index in [0.717, 1.165) is 31.2 Å². The van der Waals surface area contributed by atoms with Crippen LogP contribution < -0.4 is 14.4 Å². The van der Waals surface area contributed by atoms with Crippen molar-refractivity contribution in [2.45, 2.75) is 17.4 Å². The highest BCUT2D eigenvalue weighted by atomic mass is 79.9. The number of nitrogens with one attached hydrogen (secondary N) is 1. The maximum absolute atomic E-state index is 13.3. The third kappa shape index (κ3) is 3.02. The van der Waals surface area contributed by atoms with Gasteiger partial charge in [-0.25, -0.2) is 17.6 Å². The smallest absolute Gasteiger partial charge is 0.341 e. The predicted molar refractivity (Wildman–Crippen MR) is 99.6 cm³/mol. The summed E-state index contributed by atoms with van der Waals surface area (Å²) in [6, 6.07) is 6.40. The summed E-state index contributed by atoms with van der Waals surface area (Å²) in [4.78, 5) is 13.7. The van der Waals surface area contributed by atoms with Gasteiger partial charge in [-0.05, 0) is 52.7 Å². The van der Waals surface area contributed by atoms with Gasteiger partial charge in [0.25, 0.3) is 10.0 Å². The first-order valence-corrected chi connectivity index (χ1v) is 10.3. The Balaban J connectivity index is 1.77. The molecule has 2 heterocycles. The number of fused-ring (bicyclic) bond motifs is 3. The van der Waals surface area contributed by atoms with E-state index in [1.54, 1.807) is 6.07 Å². The van der Waals surface area contributed by atoms with Gasteiger partial charge in [0, 0.05) is 11.0 Å². The van der Waals surface area contributed by atoms with Gasteiger partial charge in [0.05, 0.1) is 17.4 Å². The third-order valence-corrected chi connectivity index (χ3v) is 6.99. The Morgan fingerprint density at radius 3 is 2.74 bits per heavy atom. The number of ether oxygens (including phenoxy) is 1. The molecule has 2 aliphatic rings. The molecule has 2 aliphatic heterocycles. The first kappa shape index (κ1) is 18.1. The van der Waals surface area contributed by atoms with E-state index >= 15 is 0 Å². The Labute approximate surface area is 162 Å². The fraction of sp³-hybridized carbons (Fsp3) is 0.235. The number of carboxylic acids is 1. The minimum atomic E-state index is -4.15. The zero-order valence-corrected chi connectivity index (χ0v) is 16.2. The number of rotatable bonds is 4. The summed E-state index contributed by atoms with van der Waals surface area (Å²) < 4.78 is 46.6. The normalized spacial score (nSPS) is 18.0. The highest BCUT2D eigenvalue weighted by Crippen LogP contribution is 2.44. The van der Waals surface area contributed by atoms with Crippen LogP contribution in [0.3, 0.4) is 0 Å². The van der Waals surface area contributed by atoms with E-state index in [0.29, 0.717) is 12.3 Å². The summed E-state index contributed by atoms with van der Waals surface area (Å²) in [7, 11) is -4.15. The average Bonchev–Trinajstić information content (AvgIpc) is 2.54. The largest absolute Gasteiger partial charge is 0.488 e. The number of nitrogens with zero attached hydrogens (tertiary/aromatic N) is 1. The molecule has 142 valence electrons. The molecule has 0 saturated carbocycles. The summed E-state index contributed by atoms with van der Waals surface area (Å²) in [5.41, 5.74) is 0.275. The molecule has 27 heavy (non-hydrogen) atoms. The first-order chi connectivity index (χ1) is 12.8. The lowest BCUT2D eigenvalue weighted by Crippen LogP contribution is -2.53. The molecular weight excluding hydrogens is 443 g/mol. The summed E-state index contributed by atoms with van der Waals surface area (Å²) >= 11 is 3.02. The number of halogens is 2. The highest BCUT2D eigenvalue weighted by Gasteiger charge is 2.37. The second kappa shape index (κ2) is 6.38. The Kier molecular flexibility index (Phi) is 4.26. The van der Waals surface area contributed by atoms with E-state index in [1.165, 1.54) is 6.07 Å². The molecular formula is C17H14BrFN2O5S. The lowest BCUT2D eigenvalue weighted by atomic mass is 9.98. The monoisotopic (exact) mass is 456 g/mol. The molecule has 1 saturated heterocycles. The topological polar surface area (TPSA) is 95.9 Å². The van der Waals surface area contributed by atoms with Crippen LogP contribution in [0.4, 0.5) is 15.8 Å². The van der Waals surface area contributed by atoms with Gasteiger partial charge in [0.1, 0.15) is 22.9 Å². The lowest BCUT2D eigenvalue weighted by molar-refractivity contribution is 0.0691. The van der Waals surface area contributed by atoms with Crippen molar-refractivity contribution >= 4 is 43.3 Å². The summed E-state index contributed by atoms with van der Waals surface area (Å²) in [6.45, 7) is 1.15. The van der Waals surface area contributed by atoms with Gasteiger partial charge < -0.3 is 14.7 Å². The number of carboxylic acid groups (broad SMARTS) is 1. The van der Waals surface area contributed by atoms with E-state index in [4.69, 9.17) is 4.74 Å². The van der Waals surface area contributed by atoms with E-state index in [-0.39, 0.29) is 32.4 Å². The van der Waals surface area contributed by atoms with Crippen molar-refractivity contribution in [3.05, 3.63) is 46.2 Å². The molecule has 0 bridgehead atoms. The zero-order chi connectivity index (χ0) is 19.3. The number of sulfonamides is 1. The van der Waals surface area contributed by atoms with Crippen molar-refractivity contribution < 1.29 is 27.4 Å². The van der Waals surface area contributed by atoms with Crippen molar-refractivity contribution in [2.75, 3.05) is 22.8 Å². The number of benzene rings is 2. The minimum Gasteiger partial charge on any atom is -0.488 e. The number of aromatic carboxylic acids is 1. The Bertz CT molecular complexity index is 1060. The molecule has 0 spiro atoms. The van der Waals surface area contributed by atoms with Gasteiger partial charge in [-0.15, -0.1) is 0 Å². The van der Waals surface area contributed by atoms with Crippen LogP contribution in [0.5, 0.6) is 5.75 Å². The van der Waals surface area contributed by atoms with Crippen molar-refractivity contribution in [3.63, 3.8) is 0 Å². The first-order valence-electron chi connectivity index (χ1n) is 8.05. The molecule has 0 aliphatic carbocycles. The van der Waals surface area contributed by atoms with Gasteiger partial charge in [-0.2, -0.15) is 0 Å². The van der Waals surface area contributed by atoms with Crippen LogP contribution in [0.15, 0.2) is 39.7 Å². The van der Waals surface area contributed by atoms with Crippen LogP contribution in [-0.4, -0.2) is 38.7 Å². The summed E-state index contributed by atoms with van der Waals surface area (Å²) in [5, 5.41) is 9.66. The summed E-state index contributed by atoms with van der Waals surface area (Å²) in [5.74, 6) is -1.75. The molecule has 0 amide bonds. The van der Waals surface area contributed by atoms with Crippen molar-refractivity contribution in [2.24, 2.45) is 0 Å². The van der Waals surface area contributed by atoms with Crippen LogP contribution in [0, 0.1) is 5.82 Å². The number of hydrogen-bond donors (Lipinski definition) is 2. The Morgan fingerprint density at radius 1 is 1.33 bits per heavy atom. The Hall–Kier alpha value is -2.33. The molecule has 4 rings (SSSR count). The van der Waals surface area contributed by atoms with Gasteiger partial charge in [-0.3, -0.25) is 4.72 Å². The van der Waals surface area contributed by atoms with Crippen LogP contribution in [0.2, 0.25) is 0 Å². The molecule has 2 N–H and O–H groups in total. The third-order valence-electron chi connectivity index (χ3n) is 4.65. The number of hydrogen-bond acceptors (Lipinski definition) is 5. The van der Waals surface area contributed by atoms with E-state index in [9.17, 15) is 22.7 Å². The quantitative estimate of drug-likeness (QED) is 0.733. The standard InChI is InChI=1S/C17H14BrFN2O5S/c18-11-7-9(19)1-4-14(11)27(24,25)20-12-2-3-13-16(15(12)17(22)23)26-8-10-5-6-21(10)13/h1-4,7,10,20H,5-6,8H2,(H,22,23)/t10-/m1/s1.